The SMILES string of the molecule is O=C(NCc1c(F)cccc1F)c1cccc(-c2ncc3c(n2)-c2[nH]c4c(c2CC3)C(=O)NC2(CC2)C4)c1. The number of amides is 2. The number of H-pyrrole nitrogens is 1. The lowest BCUT2D eigenvalue weighted by Crippen LogP contribution is -2.43. The summed E-state index contributed by atoms with van der Waals surface area (Å²) >= 11 is 0. The van der Waals surface area contributed by atoms with Gasteiger partial charge in [-0.05, 0) is 61.1 Å². The molecule has 2 amide bonds. The molecule has 38 heavy (non-hydrogen) atoms. The van der Waals surface area contributed by atoms with Gasteiger partial charge in [0.1, 0.15) is 11.6 Å². The smallest absolute Gasteiger partial charge is 0.253 e. The van der Waals surface area contributed by atoms with Crippen molar-refractivity contribution in [3.05, 3.63) is 93.8 Å². The minimum Gasteiger partial charge on any atom is -0.356 e. The fourth-order valence-corrected chi connectivity index (χ4v) is 5.57. The number of nitrogens with one attached hydrogen (secondary N) is 3. The first-order valence-electron chi connectivity index (χ1n) is 12.6. The quantitative estimate of drug-likeness (QED) is 0.381. The van der Waals surface area contributed by atoms with E-state index in [1.54, 1.807) is 24.4 Å². The van der Waals surface area contributed by atoms with Crippen LogP contribution in [0.2, 0.25) is 0 Å². The van der Waals surface area contributed by atoms with E-state index in [0.29, 0.717) is 17.0 Å². The third-order valence-corrected chi connectivity index (χ3v) is 7.77. The molecule has 0 atom stereocenters. The van der Waals surface area contributed by atoms with Crippen LogP contribution in [0.15, 0.2) is 48.7 Å². The molecule has 1 aliphatic heterocycles. The molecular weight excluding hydrogens is 488 g/mol. The van der Waals surface area contributed by atoms with Crippen molar-refractivity contribution in [2.75, 3.05) is 0 Å². The summed E-state index contributed by atoms with van der Waals surface area (Å²) in [5, 5.41) is 5.77. The van der Waals surface area contributed by atoms with E-state index in [1.165, 1.54) is 6.07 Å². The number of hydrogen-bond acceptors (Lipinski definition) is 4. The van der Waals surface area contributed by atoms with E-state index in [9.17, 15) is 18.4 Å². The van der Waals surface area contributed by atoms with Crippen molar-refractivity contribution in [2.24, 2.45) is 0 Å². The Hall–Kier alpha value is -4.40. The van der Waals surface area contributed by atoms with Gasteiger partial charge in [0.25, 0.3) is 11.8 Å². The number of fused-ring (bicyclic) bond motifs is 5. The summed E-state index contributed by atoms with van der Waals surface area (Å²) in [7, 11) is 0. The number of carbonyl (C=O) groups is 2. The van der Waals surface area contributed by atoms with Gasteiger partial charge in [0, 0.05) is 47.1 Å². The number of rotatable bonds is 4. The van der Waals surface area contributed by atoms with Crippen LogP contribution in [-0.2, 0) is 25.8 Å². The highest BCUT2D eigenvalue weighted by atomic mass is 19.1. The molecule has 7 nitrogen and oxygen atoms in total. The van der Waals surface area contributed by atoms with E-state index in [4.69, 9.17) is 4.98 Å². The lowest BCUT2D eigenvalue weighted by atomic mass is 9.89. The van der Waals surface area contributed by atoms with Crippen molar-refractivity contribution in [3.8, 4) is 22.8 Å². The molecule has 1 saturated carbocycles. The zero-order chi connectivity index (χ0) is 26.0. The van der Waals surface area contributed by atoms with E-state index in [2.05, 4.69) is 20.6 Å². The lowest BCUT2D eigenvalue weighted by molar-refractivity contribution is 0.0915. The third kappa shape index (κ3) is 3.69. The predicted molar refractivity (Wildman–Crippen MR) is 135 cm³/mol. The summed E-state index contributed by atoms with van der Waals surface area (Å²) in [4.78, 5) is 38.6. The molecule has 3 N–H and O–H groups in total. The minimum atomic E-state index is -0.711. The topological polar surface area (TPSA) is 99.8 Å². The molecular formula is C29H23F2N5O2. The van der Waals surface area contributed by atoms with Crippen molar-refractivity contribution in [1.29, 1.82) is 0 Å². The zero-order valence-corrected chi connectivity index (χ0v) is 20.3. The molecule has 1 fully saturated rings. The van der Waals surface area contributed by atoms with Gasteiger partial charge >= 0.3 is 0 Å². The summed E-state index contributed by atoms with van der Waals surface area (Å²) in [6.07, 6.45) is 6.10. The molecule has 7 rings (SSSR count). The molecule has 0 unspecified atom stereocenters. The Labute approximate surface area is 216 Å². The van der Waals surface area contributed by atoms with Crippen molar-refractivity contribution in [3.63, 3.8) is 0 Å². The van der Waals surface area contributed by atoms with Crippen molar-refractivity contribution in [2.45, 2.75) is 44.2 Å². The Morgan fingerprint density at radius 3 is 2.66 bits per heavy atom. The number of aryl methyl sites for hydroxylation is 1. The zero-order valence-electron chi connectivity index (χ0n) is 20.3. The van der Waals surface area contributed by atoms with Crippen LogP contribution in [-0.4, -0.2) is 32.3 Å². The molecule has 2 aromatic carbocycles. The van der Waals surface area contributed by atoms with Gasteiger partial charge in [-0.3, -0.25) is 9.59 Å². The molecule has 0 bridgehead atoms. The van der Waals surface area contributed by atoms with Crippen LogP contribution in [0.3, 0.4) is 0 Å². The number of nitrogens with zero attached hydrogens (tertiary/aromatic N) is 2. The summed E-state index contributed by atoms with van der Waals surface area (Å²) in [5.74, 6) is -1.45. The van der Waals surface area contributed by atoms with Gasteiger partial charge in [-0.1, -0.05) is 18.2 Å². The maximum atomic E-state index is 13.9. The molecule has 4 aromatic rings. The summed E-state index contributed by atoms with van der Waals surface area (Å²) in [6, 6.07) is 10.4. The van der Waals surface area contributed by atoms with E-state index < -0.39 is 17.5 Å². The van der Waals surface area contributed by atoms with Gasteiger partial charge in [-0.15, -0.1) is 0 Å². The first-order valence-corrected chi connectivity index (χ1v) is 12.6. The van der Waals surface area contributed by atoms with E-state index in [0.717, 1.165) is 78.0 Å². The number of aromatic nitrogens is 3. The number of halogens is 2. The molecule has 1 spiro atoms. The van der Waals surface area contributed by atoms with Gasteiger partial charge in [0.2, 0.25) is 0 Å². The second-order valence-corrected chi connectivity index (χ2v) is 10.3. The second kappa shape index (κ2) is 8.31. The van der Waals surface area contributed by atoms with Gasteiger partial charge in [-0.25, -0.2) is 18.7 Å². The normalized spacial score (nSPS) is 16.3. The lowest BCUT2D eigenvalue weighted by Gasteiger charge is -2.23. The third-order valence-electron chi connectivity index (χ3n) is 7.77. The van der Waals surface area contributed by atoms with Gasteiger partial charge < -0.3 is 15.6 Å². The largest absolute Gasteiger partial charge is 0.356 e. The van der Waals surface area contributed by atoms with E-state index in [1.807, 2.05) is 6.07 Å². The van der Waals surface area contributed by atoms with Crippen molar-refractivity contribution in [1.82, 2.24) is 25.6 Å². The molecule has 0 radical (unpaired) electrons. The van der Waals surface area contributed by atoms with Crippen LogP contribution in [0, 0.1) is 11.6 Å². The maximum Gasteiger partial charge on any atom is 0.253 e. The second-order valence-electron chi connectivity index (χ2n) is 10.3. The first kappa shape index (κ1) is 22.8. The Bertz CT molecular complexity index is 1640. The van der Waals surface area contributed by atoms with Crippen LogP contribution in [0.25, 0.3) is 22.8 Å². The highest BCUT2D eigenvalue weighted by Crippen LogP contribution is 2.45. The summed E-state index contributed by atoms with van der Waals surface area (Å²) < 4.78 is 27.9. The average molecular weight is 512 g/mol. The first-order chi connectivity index (χ1) is 18.4. The van der Waals surface area contributed by atoms with Crippen LogP contribution in [0.1, 0.15) is 55.9 Å². The number of carbonyl (C=O) groups excluding carboxylic acids is 2. The minimum absolute atomic E-state index is 0.00652. The van der Waals surface area contributed by atoms with Gasteiger partial charge in [-0.2, -0.15) is 0 Å². The Kier molecular flexibility index (Phi) is 4.98. The molecule has 3 heterocycles. The molecule has 2 aromatic heterocycles. The van der Waals surface area contributed by atoms with E-state index >= 15 is 0 Å². The standard InChI is InChI=1S/C29H23F2N5O2/c30-20-5-2-6-21(31)19(20)14-33-27(37)16-4-1-3-15(11-16)26-32-13-17-7-8-18-23-22(34-25(18)24(17)35-26)12-29(9-10-29)36-28(23)38/h1-6,11,13,34H,7-10,12,14H2,(H,33,37)(H,36,38). The predicted octanol–water partition coefficient (Wildman–Crippen LogP) is 4.26. The Morgan fingerprint density at radius 1 is 1.08 bits per heavy atom. The van der Waals surface area contributed by atoms with E-state index in [-0.39, 0.29) is 23.6 Å². The van der Waals surface area contributed by atoms with Crippen LogP contribution in [0.4, 0.5) is 8.78 Å². The Balaban J connectivity index is 1.18. The molecule has 3 aliphatic rings. The molecule has 0 saturated heterocycles. The molecule has 9 heteroatoms. The fourth-order valence-electron chi connectivity index (χ4n) is 5.57. The van der Waals surface area contributed by atoms with Gasteiger partial charge in [0.05, 0.1) is 17.0 Å². The highest BCUT2D eigenvalue weighted by Gasteiger charge is 2.49. The monoisotopic (exact) mass is 511 g/mol. The summed E-state index contributed by atoms with van der Waals surface area (Å²) in [5.41, 5.74) is 6.06. The summed E-state index contributed by atoms with van der Waals surface area (Å²) in [6.45, 7) is -0.272. The number of hydrogen-bond donors (Lipinski definition) is 3. The highest BCUT2D eigenvalue weighted by molar-refractivity contribution is 6.01. The Morgan fingerprint density at radius 2 is 1.87 bits per heavy atom. The van der Waals surface area contributed by atoms with Crippen molar-refractivity contribution >= 4 is 11.8 Å². The van der Waals surface area contributed by atoms with Crippen LogP contribution < -0.4 is 10.6 Å². The average Bonchev–Trinajstić information content (AvgIpc) is 3.54. The van der Waals surface area contributed by atoms with Crippen LogP contribution >= 0.6 is 0 Å². The molecule has 2 aliphatic carbocycles. The fraction of sp³-hybridized carbons (Fsp3) is 0.241. The van der Waals surface area contributed by atoms with Crippen molar-refractivity contribution < 1.29 is 18.4 Å². The van der Waals surface area contributed by atoms with Gasteiger partial charge in [0.15, 0.2) is 5.82 Å². The number of benzene rings is 2. The molecule has 190 valence electrons. The number of aromatic amines is 1. The maximum absolute atomic E-state index is 13.9. The van der Waals surface area contributed by atoms with Crippen LogP contribution in [0.5, 0.6) is 0 Å².